The third-order valence-corrected chi connectivity index (χ3v) is 2.66. The van der Waals surface area contributed by atoms with Crippen molar-refractivity contribution in [1.29, 1.82) is 0 Å². The lowest BCUT2D eigenvalue weighted by atomic mass is 10.2. The van der Waals surface area contributed by atoms with E-state index < -0.39 is 0 Å². The minimum absolute atomic E-state index is 0.182. The third-order valence-electron chi connectivity index (χ3n) is 2.66. The Kier molecular flexibility index (Phi) is 2.58. The van der Waals surface area contributed by atoms with Crippen molar-refractivity contribution in [2.75, 3.05) is 11.4 Å². The number of nitrogens with two attached hydrogens (primary N) is 1. The van der Waals surface area contributed by atoms with Gasteiger partial charge in [0, 0.05) is 0 Å². The van der Waals surface area contributed by atoms with Crippen molar-refractivity contribution >= 4 is 11.6 Å². The van der Waals surface area contributed by atoms with Gasteiger partial charge in [0.05, 0.1) is 18.3 Å². The van der Waals surface area contributed by atoms with Gasteiger partial charge in [0.2, 0.25) is 0 Å². The summed E-state index contributed by atoms with van der Waals surface area (Å²) in [5, 5.41) is 0. The monoisotopic (exact) mass is 207 g/mol. The summed E-state index contributed by atoms with van der Waals surface area (Å²) in [5.41, 5.74) is 6.27. The summed E-state index contributed by atoms with van der Waals surface area (Å²) in [5.74, 6) is 0.156. The number of aliphatic imine (C=N–C) groups is 1. The number of halogens is 1. The first kappa shape index (κ1) is 9.96. The van der Waals surface area contributed by atoms with E-state index in [2.05, 4.69) is 4.99 Å². The molecule has 1 heterocycles. The number of rotatable bonds is 2. The maximum absolute atomic E-state index is 13.6. The largest absolute Gasteiger partial charge is 0.370 e. The number of nitrogens with zero attached hydrogens (tertiary/aromatic N) is 2. The average molecular weight is 207 g/mol. The highest BCUT2D eigenvalue weighted by molar-refractivity contribution is 5.97. The Bertz CT molecular complexity index is 389. The Morgan fingerprint density at radius 1 is 1.53 bits per heavy atom. The van der Waals surface area contributed by atoms with Crippen LogP contribution in [0, 0.1) is 5.82 Å². The van der Waals surface area contributed by atoms with Crippen LogP contribution in [0.4, 0.5) is 10.1 Å². The Labute approximate surface area is 88.4 Å². The Morgan fingerprint density at radius 3 is 2.93 bits per heavy atom. The van der Waals surface area contributed by atoms with Gasteiger partial charge in [-0.25, -0.2) is 4.39 Å². The molecule has 0 saturated carbocycles. The molecule has 4 heteroatoms. The standard InChI is InChI=1S/C11H14FN3/c1-2-8-7-14-11(13)15(8)10-6-4-3-5-9(10)12/h3-6,8H,2,7H2,1H3,(H2,13,14). The molecular formula is C11H14FN3. The van der Waals surface area contributed by atoms with Crippen LogP contribution >= 0.6 is 0 Å². The number of hydrogen-bond acceptors (Lipinski definition) is 3. The molecule has 0 saturated heterocycles. The molecule has 0 aromatic heterocycles. The highest BCUT2D eigenvalue weighted by Gasteiger charge is 2.27. The smallest absolute Gasteiger partial charge is 0.196 e. The lowest BCUT2D eigenvalue weighted by molar-refractivity contribution is 0.611. The number of anilines is 1. The normalized spacial score (nSPS) is 20.5. The highest BCUT2D eigenvalue weighted by Crippen LogP contribution is 2.24. The van der Waals surface area contributed by atoms with E-state index in [4.69, 9.17) is 5.73 Å². The summed E-state index contributed by atoms with van der Waals surface area (Å²) in [4.78, 5) is 5.91. The van der Waals surface area contributed by atoms with Crippen molar-refractivity contribution < 1.29 is 4.39 Å². The third kappa shape index (κ3) is 1.67. The molecule has 2 rings (SSSR count). The van der Waals surface area contributed by atoms with Crippen LogP contribution in [0.3, 0.4) is 0 Å². The van der Waals surface area contributed by atoms with Crippen molar-refractivity contribution in [3.05, 3.63) is 30.1 Å². The maximum Gasteiger partial charge on any atom is 0.196 e. The van der Waals surface area contributed by atoms with Crippen molar-refractivity contribution in [2.45, 2.75) is 19.4 Å². The average Bonchev–Trinajstić information content (AvgIpc) is 2.60. The summed E-state index contributed by atoms with van der Waals surface area (Å²) in [6.45, 7) is 2.70. The fraction of sp³-hybridized carbons (Fsp3) is 0.364. The predicted molar refractivity (Wildman–Crippen MR) is 59.4 cm³/mol. The number of para-hydroxylation sites is 1. The zero-order chi connectivity index (χ0) is 10.8. The topological polar surface area (TPSA) is 41.6 Å². The van der Waals surface area contributed by atoms with Crippen LogP contribution in [0.15, 0.2) is 29.3 Å². The van der Waals surface area contributed by atoms with Gasteiger partial charge >= 0.3 is 0 Å². The van der Waals surface area contributed by atoms with Crippen LogP contribution in [0.5, 0.6) is 0 Å². The van der Waals surface area contributed by atoms with E-state index in [0.717, 1.165) is 6.42 Å². The first-order valence-corrected chi connectivity index (χ1v) is 5.07. The van der Waals surface area contributed by atoms with Crippen molar-refractivity contribution in [2.24, 2.45) is 10.7 Å². The second kappa shape index (κ2) is 3.88. The van der Waals surface area contributed by atoms with Gasteiger partial charge in [0.15, 0.2) is 5.96 Å². The minimum atomic E-state index is -0.254. The van der Waals surface area contributed by atoms with Gasteiger partial charge in [-0.15, -0.1) is 0 Å². The molecule has 1 aliphatic rings. The van der Waals surface area contributed by atoms with Gasteiger partial charge in [-0.3, -0.25) is 4.99 Å². The number of benzene rings is 1. The molecule has 0 bridgehead atoms. The van der Waals surface area contributed by atoms with E-state index >= 15 is 0 Å². The molecule has 0 fully saturated rings. The maximum atomic E-state index is 13.6. The van der Waals surface area contributed by atoms with Crippen LogP contribution in [-0.2, 0) is 0 Å². The van der Waals surface area contributed by atoms with Crippen LogP contribution in [0.25, 0.3) is 0 Å². The van der Waals surface area contributed by atoms with Gasteiger partial charge in [0.25, 0.3) is 0 Å². The predicted octanol–water partition coefficient (Wildman–Crippen LogP) is 1.74. The first-order valence-electron chi connectivity index (χ1n) is 5.07. The molecule has 0 radical (unpaired) electrons. The van der Waals surface area contributed by atoms with Gasteiger partial charge in [-0.1, -0.05) is 19.1 Å². The molecule has 1 aliphatic heterocycles. The van der Waals surface area contributed by atoms with E-state index in [0.29, 0.717) is 18.2 Å². The van der Waals surface area contributed by atoms with Crippen LogP contribution in [-0.4, -0.2) is 18.5 Å². The molecule has 2 N–H and O–H groups in total. The Balaban J connectivity index is 2.37. The quantitative estimate of drug-likeness (QED) is 0.802. The van der Waals surface area contributed by atoms with Gasteiger partial charge < -0.3 is 10.6 Å². The van der Waals surface area contributed by atoms with E-state index in [9.17, 15) is 4.39 Å². The van der Waals surface area contributed by atoms with E-state index in [1.165, 1.54) is 6.07 Å². The van der Waals surface area contributed by atoms with Crippen LogP contribution in [0.1, 0.15) is 13.3 Å². The van der Waals surface area contributed by atoms with Gasteiger partial charge in [-0.05, 0) is 18.6 Å². The molecule has 0 aliphatic carbocycles. The summed E-state index contributed by atoms with van der Waals surface area (Å²) in [6, 6.07) is 6.82. The van der Waals surface area contributed by atoms with Gasteiger partial charge in [-0.2, -0.15) is 0 Å². The number of guanidine groups is 1. The molecule has 80 valence electrons. The molecule has 15 heavy (non-hydrogen) atoms. The molecule has 1 aromatic carbocycles. The molecule has 1 unspecified atom stereocenters. The molecule has 3 nitrogen and oxygen atoms in total. The Hall–Kier alpha value is -1.58. The van der Waals surface area contributed by atoms with Gasteiger partial charge in [0.1, 0.15) is 5.82 Å². The second-order valence-electron chi connectivity index (χ2n) is 3.58. The molecular weight excluding hydrogens is 193 g/mol. The highest BCUT2D eigenvalue weighted by atomic mass is 19.1. The minimum Gasteiger partial charge on any atom is -0.370 e. The lowest BCUT2D eigenvalue weighted by Crippen LogP contribution is -2.41. The summed E-state index contributed by atoms with van der Waals surface area (Å²) in [6.07, 6.45) is 0.901. The zero-order valence-corrected chi connectivity index (χ0v) is 8.65. The van der Waals surface area contributed by atoms with Crippen LogP contribution in [0.2, 0.25) is 0 Å². The summed E-state index contributed by atoms with van der Waals surface area (Å²) in [7, 11) is 0. The summed E-state index contributed by atoms with van der Waals surface area (Å²) < 4.78 is 13.6. The molecule has 1 atom stereocenters. The fourth-order valence-corrected chi connectivity index (χ4v) is 1.82. The van der Waals surface area contributed by atoms with Crippen molar-refractivity contribution in [3.63, 3.8) is 0 Å². The lowest BCUT2D eigenvalue weighted by Gasteiger charge is -2.25. The fourth-order valence-electron chi connectivity index (χ4n) is 1.82. The zero-order valence-electron chi connectivity index (χ0n) is 8.65. The van der Waals surface area contributed by atoms with Crippen LogP contribution < -0.4 is 10.6 Å². The molecule has 0 amide bonds. The second-order valence-corrected chi connectivity index (χ2v) is 3.58. The van der Waals surface area contributed by atoms with E-state index in [1.54, 1.807) is 23.1 Å². The first-order chi connectivity index (χ1) is 7.24. The van der Waals surface area contributed by atoms with E-state index in [1.807, 2.05) is 6.92 Å². The SMILES string of the molecule is CCC1CN=C(N)N1c1ccccc1F. The molecule has 0 spiro atoms. The van der Waals surface area contributed by atoms with Crippen molar-refractivity contribution in [3.8, 4) is 0 Å². The Morgan fingerprint density at radius 2 is 2.27 bits per heavy atom. The molecule has 1 aromatic rings. The summed E-state index contributed by atoms with van der Waals surface area (Å²) >= 11 is 0. The number of hydrogen-bond donors (Lipinski definition) is 1. The van der Waals surface area contributed by atoms with Crippen molar-refractivity contribution in [1.82, 2.24) is 0 Å². The van der Waals surface area contributed by atoms with E-state index in [-0.39, 0.29) is 11.9 Å².